The third-order valence-electron chi connectivity index (χ3n) is 3.92. The maximum atomic E-state index is 12.3. The first-order valence-corrected chi connectivity index (χ1v) is 9.27. The number of thioether (sulfide) groups is 1. The molecule has 126 valence electrons. The summed E-state index contributed by atoms with van der Waals surface area (Å²) >= 11 is 1.67. The molecule has 1 fully saturated rings. The summed E-state index contributed by atoms with van der Waals surface area (Å²) in [5.74, 6) is 0.629. The topological polar surface area (TPSA) is 47.6 Å². The van der Waals surface area contributed by atoms with Gasteiger partial charge in [0, 0.05) is 22.8 Å². The lowest BCUT2D eigenvalue weighted by molar-refractivity contribution is 0.0679. The van der Waals surface area contributed by atoms with E-state index in [4.69, 9.17) is 9.47 Å². The summed E-state index contributed by atoms with van der Waals surface area (Å²) in [7, 11) is 0. The Bertz CT molecular complexity index is 664. The molecule has 1 heterocycles. The van der Waals surface area contributed by atoms with Crippen molar-refractivity contribution in [3.63, 3.8) is 0 Å². The van der Waals surface area contributed by atoms with Crippen molar-refractivity contribution in [2.75, 3.05) is 24.8 Å². The van der Waals surface area contributed by atoms with Crippen LogP contribution in [0.25, 0.3) is 0 Å². The van der Waals surface area contributed by atoms with Crippen molar-refractivity contribution in [3.8, 4) is 5.75 Å². The van der Waals surface area contributed by atoms with E-state index in [9.17, 15) is 4.79 Å². The van der Waals surface area contributed by atoms with E-state index in [1.807, 2.05) is 42.7 Å². The van der Waals surface area contributed by atoms with E-state index < -0.39 is 0 Å². The van der Waals surface area contributed by atoms with Crippen LogP contribution in [0, 0.1) is 0 Å². The molecule has 0 spiro atoms. The number of hydrogen-bond acceptors (Lipinski definition) is 4. The highest BCUT2D eigenvalue weighted by Crippen LogP contribution is 2.19. The van der Waals surface area contributed by atoms with Crippen LogP contribution in [0.15, 0.2) is 53.4 Å². The Morgan fingerprint density at radius 2 is 1.96 bits per heavy atom. The minimum absolute atomic E-state index is 0.127. The van der Waals surface area contributed by atoms with Crippen LogP contribution >= 0.6 is 11.8 Å². The second-order valence-electron chi connectivity index (χ2n) is 5.65. The second kappa shape index (κ2) is 8.22. The van der Waals surface area contributed by atoms with E-state index in [2.05, 4.69) is 5.32 Å². The number of anilines is 1. The van der Waals surface area contributed by atoms with Gasteiger partial charge in [0.1, 0.15) is 12.4 Å². The van der Waals surface area contributed by atoms with E-state index in [-0.39, 0.29) is 12.0 Å². The molecule has 2 aromatic carbocycles. The molecule has 0 radical (unpaired) electrons. The molecule has 2 aromatic rings. The summed E-state index contributed by atoms with van der Waals surface area (Å²) < 4.78 is 11.2. The lowest BCUT2D eigenvalue weighted by Gasteiger charge is -2.12. The minimum Gasteiger partial charge on any atom is -0.491 e. The molecule has 4 nitrogen and oxygen atoms in total. The Kier molecular flexibility index (Phi) is 5.77. The molecule has 0 bridgehead atoms. The van der Waals surface area contributed by atoms with Gasteiger partial charge in [-0.3, -0.25) is 4.79 Å². The van der Waals surface area contributed by atoms with E-state index in [0.717, 1.165) is 30.9 Å². The van der Waals surface area contributed by atoms with Crippen molar-refractivity contribution in [1.82, 2.24) is 0 Å². The molecule has 1 saturated heterocycles. The second-order valence-corrected chi connectivity index (χ2v) is 6.53. The van der Waals surface area contributed by atoms with Crippen molar-refractivity contribution in [1.29, 1.82) is 0 Å². The van der Waals surface area contributed by atoms with Gasteiger partial charge in [0.25, 0.3) is 5.91 Å². The number of carbonyl (C=O) groups excluding carboxylic acids is 1. The highest BCUT2D eigenvalue weighted by Gasteiger charge is 2.16. The van der Waals surface area contributed by atoms with Crippen molar-refractivity contribution >= 4 is 23.4 Å². The van der Waals surface area contributed by atoms with Gasteiger partial charge in [0.05, 0.1) is 6.10 Å². The van der Waals surface area contributed by atoms with E-state index in [1.165, 1.54) is 4.90 Å². The molecule has 24 heavy (non-hydrogen) atoms. The maximum absolute atomic E-state index is 12.3. The number of benzene rings is 2. The third kappa shape index (κ3) is 4.52. The third-order valence-corrected chi connectivity index (χ3v) is 4.67. The smallest absolute Gasteiger partial charge is 0.255 e. The van der Waals surface area contributed by atoms with Crippen LogP contribution in [0.3, 0.4) is 0 Å². The van der Waals surface area contributed by atoms with Gasteiger partial charge in [-0.1, -0.05) is 0 Å². The SMILES string of the molecule is CSc1ccc(NC(=O)c2ccc(OC[C@@H]3CCCO3)cc2)cc1. The van der Waals surface area contributed by atoms with Crippen molar-refractivity contribution in [2.45, 2.75) is 23.8 Å². The predicted molar refractivity (Wildman–Crippen MR) is 97.1 cm³/mol. The summed E-state index contributed by atoms with van der Waals surface area (Å²) in [5.41, 5.74) is 1.39. The van der Waals surface area contributed by atoms with Gasteiger partial charge in [-0.15, -0.1) is 11.8 Å². The molecule has 1 aliphatic rings. The Morgan fingerprint density at radius 3 is 2.58 bits per heavy atom. The Morgan fingerprint density at radius 1 is 1.21 bits per heavy atom. The zero-order valence-corrected chi connectivity index (χ0v) is 14.5. The molecular weight excluding hydrogens is 322 g/mol. The van der Waals surface area contributed by atoms with Crippen LogP contribution < -0.4 is 10.1 Å². The van der Waals surface area contributed by atoms with Crippen molar-refractivity contribution in [2.24, 2.45) is 0 Å². The lowest BCUT2D eigenvalue weighted by atomic mass is 10.2. The monoisotopic (exact) mass is 343 g/mol. The van der Waals surface area contributed by atoms with Gasteiger partial charge in [-0.05, 0) is 67.6 Å². The fourth-order valence-electron chi connectivity index (χ4n) is 2.55. The van der Waals surface area contributed by atoms with Crippen LogP contribution in [0.5, 0.6) is 5.75 Å². The van der Waals surface area contributed by atoms with Crippen LogP contribution in [0.4, 0.5) is 5.69 Å². The Balaban J connectivity index is 1.54. The van der Waals surface area contributed by atoms with Crippen LogP contribution in [0.2, 0.25) is 0 Å². The number of hydrogen-bond donors (Lipinski definition) is 1. The summed E-state index contributed by atoms with van der Waals surface area (Å²) in [5, 5.41) is 2.90. The van der Waals surface area contributed by atoms with E-state index >= 15 is 0 Å². The first-order valence-electron chi connectivity index (χ1n) is 8.04. The standard InChI is InChI=1S/C19H21NO3S/c1-24-18-10-6-15(7-11-18)20-19(21)14-4-8-16(9-5-14)23-13-17-3-2-12-22-17/h4-11,17H,2-3,12-13H2,1H3,(H,20,21)/t17-/m0/s1. The zero-order chi connectivity index (χ0) is 16.8. The van der Waals surface area contributed by atoms with Crippen LogP contribution in [0.1, 0.15) is 23.2 Å². The van der Waals surface area contributed by atoms with Crippen LogP contribution in [-0.4, -0.2) is 31.5 Å². The van der Waals surface area contributed by atoms with Gasteiger partial charge in [0.2, 0.25) is 0 Å². The lowest BCUT2D eigenvalue weighted by Crippen LogP contribution is -2.16. The summed E-state index contributed by atoms with van der Waals surface area (Å²) in [6.07, 6.45) is 4.37. The van der Waals surface area contributed by atoms with Gasteiger partial charge in [-0.25, -0.2) is 0 Å². The number of rotatable bonds is 6. The van der Waals surface area contributed by atoms with Crippen molar-refractivity contribution < 1.29 is 14.3 Å². The summed E-state index contributed by atoms with van der Waals surface area (Å²) in [6.45, 7) is 1.39. The predicted octanol–water partition coefficient (Wildman–Crippen LogP) is 4.22. The fourth-order valence-corrected chi connectivity index (χ4v) is 2.95. The maximum Gasteiger partial charge on any atom is 0.255 e. The molecular formula is C19H21NO3S. The molecule has 1 atom stereocenters. The molecule has 0 saturated carbocycles. The molecule has 1 aliphatic heterocycles. The molecule has 0 aromatic heterocycles. The number of nitrogens with one attached hydrogen (secondary N) is 1. The zero-order valence-electron chi connectivity index (χ0n) is 13.7. The van der Waals surface area contributed by atoms with Gasteiger partial charge < -0.3 is 14.8 Å². The normalized spacial score (nSPS) is 16.8. The fraction of sp³-hybridized carbons (Fsp3) is 0.316. The summed E-state index contributed by atoms with van der Waals surface area (Å²) in [6, 6.07) is 15.0. The first kappa shape index (κ1) is 16.9. The van der Waals surface area contributed by atoms with E-state index in [1.54, 1.807) is 23.9 Å². The largest absolute Gasteiger partial charge is 0.491 e. The molecule has 5 heteroatoms. The van der Waals surface area contributed by atoms with Crippen LogP contribution in [-0.2, 0) is 4.74 Å². The molecule has 1 N–H and O–H groups in total. The quantitative estimate of drug-likeness (QED) is 0.798. The number of amides is 1. The van der Waals surface area contributed by atoms with Crippen molar-refractivity contribution in [3.05, 3.63) is 54.1 Å². The first-order chi connectivity index (χ1) is 11.7. The average molecular weight is 343 g/mol. The highest BCUT2D eigenvalue weighted by atomic mass is 32.2. The molecule has 0 unspecified atom stereocenters. The van der Waals surface area contributed by atoms with Gasteiger partial charge in [0.15, 0.2) is 0 Å². The number of carbonyl (C=O) groups is 1. The molecule has 1 amide bonds. The highest BCUT2D eigenvalue weighted by molar-refractivity contribution is 7.98. The summed E-state index contributed by atoms with van der Waals surface area (Å²) in [4.78, 5) is 13.4. The van der Waals surface area contributed by atoms with E-state index in [0.29, 0.717) is 12.2 Å². The average Bonchev–Trinajstić information content (AvgIpc) is 3.14. The molecule has 0 aliphatic carbocycles. The Hall–Kier alpha value is -1.98. The van der Waals surface area contributed by atoms with Gasteiger partial charge >= 0.3 is 0 Å². The Labute approximate surface area is 146 Å². The number of ether oxygens (including phenoxy) is 2. The minimum atomic E-state index is -0.127. The molecule has 3 rings (SSSR count). The van der Waals surface area contributed by atoms with Gasteiger partial charge in [-0.2, -0.15) is 0 Å².